The molecule has 1 aliphatic carbocycles. The Labute approximate surface area is 392 Å². The lowest BCUT2D eigenvalue weighted by atomic mass is 9.83. The minimum atomic E-state index is -1.96. The van der Waals surface area contributed by atoms with Gasteiger partial charge in [0.05, 0.1) is 36.9 Å². The summed E-state index contributed by atoms with van der Waals surface area (Å²) in [6.45, 7) is 23.2. The summed E-state index contributed by atoms with van der Waals surface area (Å²) in [6, 6.07) is -5.42. The molecule has 67 heavy (non-hydrogen) atoms. The Hall–Kier alpha value is -4.01. The number of aliphatic hydroxyl groups is 5. The van der Waals surface area contributed by atoms with Crippen molar-refractivity contribution in [2.45, 2.75) is 230 Å². The number of rotatable bonds is 11. The lowest BCUT2D eigenvalue weighted by Crippen LogP contribution is -2.70. The summed E-state index contributed by atoms with van der Waals surface area (Å²) in [6.07, 6.45) is -21.7. The second kappa shape index (κ2) is 22.6. The normalized spacial score (nSPS) is 31.9. The summed E-state index contributed by atoms with van der Waals surface area (Å²) in [5, 5.41) is 69.5. The minimum absolute atomic E-state index is 0.251. The molecule has 0 aromatic carbocycles. The van der Waals surface area contributed by atoms with E-state index in [1.807, 2.05) is 0 Å². The molecule has 2 saturated heterocycles. The summed E-state index contributed by atoms with van der Waals surface area (Å²) in [5.41, 5.74) is -4.84. The van der Waals surface area contributed by atoms with Gasteiger partial charge in [0.2, 0.25) is 0 Å². The second-order valence-electron chi connectivity index (χ2n) is 21.8. The first-order chi connectivity index (χ1) is 30.4. The van der Waals surface area contributed by atoms with Crippen molar-refractivity contribution in [2.75, 3.05) is 13.2 Å². The van der Waals surface area contributed by atoms with Gasteiger partial charge < -0.3 is 94.7 Å². The Balaban J connectivity index is 2.14. The highest BCUT2D eigenvalue weighted by Crippen LogP contribution is 2.34. The maximum atomic E-state index is 13.5. The van der Waals surface area contributed by atoms with Gasteiger partial charge in [0, 0.05) is 13.0 Å². The molecule has 3 aliphatic rings. The molecule has 10 N–H and O–H groups in total. The third kappa shape index (κ3) is 19.1. The van der Waals surface area contributed by atoms with E-state index in [9.17, 15) is 49.5 Å². The Bertz CT molecular complexity index is 1670. The summed E-state index contributed by atoms with van der Waals surface area (Å²) < 4.78 is 51.9. The number of ether oxygens (including phenoxy) is 9. The Morgan fingerprint density at radius 3 is 1.27 bits per heavy atom. The molecule has 388 valence electrons. The highest BCUT2D eigenvalue weighted by atomic mass is 16.7. The molecule has 3 fully saturated rings. The van der Waals surface area contributed by atoms with Gasteiger partial charge in [-0.05, 0) is 110 Å². The third-order valence-corrected chi connectivity index (χ3v) is 9.64. The van der Waals surface area contributed by atoms with E-state index in [4.69, 9.17) is 42.6 Å². The predicted octanol–water partition coefficient (Wildman–Crippen LogP) is 1.53. The zero-order valence-corrected chi connectivity index (χ0v) is 41.4. The molecule has 14 atom stereocenters. The van der Waals surface area contributed by atoms with Gasteiger partial charge in [-0.1, -0.05) is 0 Å². The number of nitrogens with one attached hydrogen (secondary N) is 5. The van der Waals surface area contributed by atoms with Crippen LogP contribution in [0.15, 0.2) is 0 Å². The van der Waals surface area contributed by atoms with E-state index in [0.717, 1.165) is 0 Å². The van der Waals surface area contributed by atoms with Gasteiger partial charge in [0.25, 0.3) is 0 Å². The van der Waals surface area contributed by atoms with Gasteiger partial charge in [-0.25, -0.2) is 24.0 Å². The number of aliphatic hydroxyl groups excluding tert-OH is 5. The predicted molar refractivity (Wildman–Crippen MR) is 234 cm³/mol. The molecule has 5 amide bonds. The standard InChI is InChI=1S/C43H77N5O19/c1-39(2,3)63-34(54)44-18-24-23(50)17-22(47-37(57)66-42(10,11)12)32(59-24)61-30-20(45-35(55)64-40(4,5)6)16-21(46-36(56)65-41(7,8)9)31(29(30)53)62-33-28(52)26(27(51)25(19-49)60-33)48-38(58)67-43(13,14)15/h20-33,49-53H,16-19H2,1-15H3,(H,44,54)(H,45,55)(H,46,56)(H,47,57)(H,48,58)/t20-,21?,22+,23?,24+,25?,26?,27+,28?,29?,30?,31-,32?,33+/m0/s1. The van der Waals surface area contributed by atoms with E-state index >= 15 is 0 Å². The van der Waals surface area contributed by atoms with Crippen LogP contribution in [0.2, 0.25) is 0 Å². The van der Waals surface area contributed by atoms with E-state index < -0.39 is 151 Å². The van der Waals surface area contributed by atoms with Crippen LogP contribution in [0.1, 0.15) is 117 Å². The number of carbonyl (C=O) groups excluding carboxylic acids is 5. The monoisotopic (exact) mass is 968 g/mol. The molecule has 8 unspecified atom stereocenters. The van der Waals surface area contributed by atoms with Gasteiger partial charge >= 0.3 is 30.5 Å². The van der Waals surface area contributed by atoms with Crippen molar-refractivity contribution in [3.05, 3.63) is 0 Å². The lowest BCUT2D eigenvalue weighted by molar-refractivity contribution is -0.318. The van der Waals surface area contributed by atoms with Crippen molar-refractivity contribution in [2.24, 2.45) is 0 Å². The van der Waals surface area contributed by atoms with Crippen molar-refractivity contribution < 1.29 is 92.1 Å². The summed E-state index contributed by atoms with van der Waals surface area (Å²) >= 11 is 0. The van der Waals surface area contributed by atoms with Gasteiger partial charge in [0.15, 0.2) is 12.6 Å². The maximum Gasteiger partial charge on any atom is 0.408 e. The molecule has 0 aromatic rings. The Kier molecular flexibility index (Phi) is 19.3. The molecule has 1 saturated carbocycles. The quantitative estimate of drug-likeness (QED) is 0.131. The third-order valence-electron chi connectivity index (χ3n) is 9.64. The number of hydrogen-bond acceptors (Lipinski definition) is 19. The fourth-order valence-electron chi connectivity index (χ4n) is 7.15. The van der Waals surface area contributed by atoms with Crippen molar-refractivity contribution in [1.82, 2.24) is 26.6 Å². The second-order valence-corrected chi connectivity index (χ2v) is 21.8. The van der Waals surface area contributed by atoms with Crippen molar-refractivity contribution in [1.29, 1.82) is 0 Å². The van der Waals surface area contributed by atoms with E-state index in [0.29, 0.717) is 0 Å². The smallest absolute Gasteiger partial charge is 0.408 e. The van der Waals surface area contributed by atoms with Crippen molar-refractivity contribution >= 4 is 30.5 Å². The molecular formula is C43H77N5O19. The van der Waals surface area contributed by atoms with Gasteiger partial charge in [0.1, 0.15) is 70.7 Å². The molecule has 2 heterocycles. The van der Waals surface area contributed by atoms with E-state index in [1.54, 1.807) is 104 Å². The Morgan fingerprint density at radius 1 is 0.478 bits per heavy atom. The fraction of sp³-hybridized carbons (Fsp3) is 0.884. The minimum Gasteiger partial charge on any atom is -0.444 e. The number of alkyl carbamates (subject to hydrolysis) is 5. The molecule has 0 bridgehead atoms. The van der Waals surface area contributed by atoms with Gasteiger partial charge in [-0.2, -0.15) is 0 Å². The molecule has 24 heteroatoms. The maximum absolute atomic E-state index is 13.5. The molecule has 0 radical (unpaired) electrons. The van der Waals surface area contributed by atoms with Crippen LogP contribution in [0.4, 0.5) is 24.0 Å². The fourth-order valence-corrected chi connectivity index (χ4v) is 7.15. The molecule has 0 aromatic heterocycles. The van der Waals surface area contributed by atoms with E-state index in [1.165, 1.54) is 0 Å². The average Bonchev–Trinajstić information content (AvgIpc) is 3.10. The van der Waals surface area contributed by atoms with Crippen molar-refractivity contribution in [3.63, 3.8) is 0 Å². The molecule has 3 rings (SSSR count). The first-order valence-electron chi connectivity index (χ1n) is 22.3. The summed E-state index contributed by atoms with van der Waals surface area (Å²) in [7, 11) is 0. The van der Waals surface area contributed by atoms with E-state index in [2.05, 4.69) is 26.6 Å². The molecule has 0 spiro atoms. The van der Waals surface area contributed by atoms with Crippen LogP contribution < -0.4 is 26.6 Å². The largest absolute Gasteiger partial charge is 0.444 e. The van der Waals surface area contributed by atoms with Crippen molar-refractivity contribution in [3.8, 4) is 0 Å². The number of amides is 5. The van der Waals surface area contributed by atoms with Crippen LogP contribution in [0.25, 0.3) is 0 Å². The van der Waals surface area contributed by atoms with Crippen LogP contribution in [-0.2, 0) is 42.6 Å². The SMILES string of the molecule is CC(C)(C)OC(=O)NC[C@H]1OC(OC2C(O)[C@@H](O[C@H]3OC(CO)[C@@H](O)C(NC(=O)OC(C)(C)C)C3O)C(NC(=O)OC(C)(C)C)C[C@@H]2NC(=O)OC(C)(C)C)[C@H](NC(=O)OC(C)(C)C)CC1O. The molecular weight excluding hydrogens is 890 g/mol. The summed E-state index contributed by atoms with van der Waals surface area (Å²) in [4.78, 5) is 65.6. The van der Waals surface area contributed by atoms with Crippen LogP contribution in [0, 0.1) is 0 Å². The highest BCUT2D eigenvalue weighted by molar-refractivity contribution is 5.70. The lowest BCUT2D eigenvalue weighted by Gasteiger charge is -2.49. The zero-order chi connectivity index (χ0) is 51.2. The van der Waals surface area contributed by atoms with E-state index in [-0.39, 0.29) is 19.4 Å². The number of carbonyl (C=O) groups is 5. The highest BCUT2D eigenvalue weighted by Gasteiger charge is 2.54. The van der Waals surface area contributed by atoms with Crippen LogP contribution >= 0.6 is 0 Å². The topological polar surface area (TPSA) is 330 Å². The first kappa shape index (κ1) is 57.3. The van der Waals surface area contributed by atoms with Gasteiger partial charge in [-0.3, -0.25) is 0 Å². The van der Waals surface area contributed by atoms with Crippen LogP contribution in [0.3, 0.4) is 0 Å². The van der Waals surface area contributed by atoms with Crippen LogP contribution in [0.5, 0.6) is 0 Å². The Morgan fingerprint density at radius 2 is 0.851 bits per heavy atom. The molecule has 24 nitrogen and oxygen atoms in total. The van der Waals surface area contributed by atoms with Gasteiger partial charge in [-0.15, -0.1) is 0 Å². The zero-order valence-electron chi connectivity index (χ0n) is 41.4. The number of hydrogen-bond donors (Lipinski definition) is 10. The average molecular weight is 968 g/mol. The first-order valence-corrected chi connectivity index (χ1v) is 22.3. The van der Waals surface area contributed by atoms with Crippen LogP contribution in [-0.4, -0.2) is 183 Å². The molecule has 2 aliphatic heterocycles. The summed E-state index contributed by atoms with van der Waals surface area (Å²) in [5.74, 6) is 0.